The number of carbonyl (C=O) groups excluding carboxylic acids is 2. The average molecular weight is 469 g/mol. The molecule has 11 heteroatoms. The van der Waals surface area contributed by atoms with E-state index < -0.39 is 30.2 Å². The molecule has 1 aliphatic heterocycles. The van der Waals surface area contributed by atoms with Gasteiger partial charge in [-0.2, -0.15) is 0 Å². The van der Waals surface area contributed by atoms with E-state index in [1.165, 1.54) is 30.3 Å². The lowest BCUT2D eigenvalue weighted by Crippen LogP contribution is -2.54. The number of aliphatic carboxylic acids is 1. The summed E-state index contributed by atoms with van der Waals surface area (Å²) in [6, 6.07) is 7.70. The van der Waals surface area contributed by atoms with Crippen LogP contribution in [-0.2, 0) is 14.4 Å². The van der Waals surface area contributed by atoms with E-state index >= 15 is 0 Å². The first-order chi connectivity index (χ1) is 14.2. The van der Waals surface area contributed by atoms with Gasteiger partial charge in [0, 0.05) is 0 Å². The average Bonchev–Trinajstić information content (AvgIpc) is 2.65. The van der Waals surface area contributed by atoms with Crippen molar-refractivity contribution in [3.05, 3.63) is 63.4 Å². The van der Waals surface area contributed by atoms with Crippen molar-refractivity contribution in [3.8, 4) is 5.75 Å². The lowest BCUT2D eigenvalue weighted by molar-refractivity contribution is -0.139. The molecule has 3 rings (SSSR count). The maximum absolute atomic E-state index is 13.2. The molecule has 1 aliphatic rings. The van der Waals surface area contributed by atoms with E-state index in [4.69, 9.17) is 45.3 Å². The zero-order valence-electron chi connectivity index (χ0n) is 14.8. The van der Waals surface area contributed by atoms with Gasteiger partial charge in [0.25, 0.3) is 11.8 Å². The lowest BCUT2D eigenvalue weighted by atomic mass is 10.1. The van der Waals surface area contributed by atoms with Crippen molar-refractivity contribution in [1.82, 2.24) is 5.32 Å². The van der Waals surface area contributed by atoms with Crippen LogP contribution in [0.15, 0.2) is 42.0 Å². The van der Waals surface area contributed by atoms with E-state index in [1.807, 2.05) is 0 Å². The van der Waals surface area contributed by atoms with Crippen molar-refractivity contribution in [3.63, 3.8) is 0 Å². The molecule has 2 aromatic rings. The second-order valence-electron chi connectivity index (χ2n) is 5.93. The van der Waals surface area contributed by atoms with Crippen LogP contribution in [0.3, 0.4) is 0 Å². The molecule has 1 fully saturated rings. The van der Waals surface area contributed by atoms with Gasteiger partial charge in [-0.15, -0.1) is 0 Å². The fourth-order valence-electron chi connectivity index (χ4n) is 2.58. The summed E-state index contributed by atoms with van der Waals surface area (Å²) in [6.07, 6.45) is 1.24. The molecule has 7 nitrogen and oxygen atoms in total. The lowest BCUT2D eigenvalue weighted by Gasteiger charge is -2.28. The van der Waals surface area contributed by atoms with Gasteiger partial charge >= 0.3 is 5.97 Å². The molecular formula is C19H11Cl2FN2O5S. The van der Waals surface area contributed by atoms with Gasteiger partial charge in [-0.3, -0.25) is 19.8 Å². The maximum Gasteiger partial charge on any atom is 0.341 e. The molecule has 2 aromatic carbocycles. The molecule has 1 heterocycles. The third kappa shape index (κ3) is 4.59. The predicted molar refractivity (Wildman–Crippen MR) is 112 cm³/mol. The largest absolute Gasteiger partial charge is 0.479 e. The second-order valence-corrected chi connectivity index (χ2v) is 7.13. The number of hydrogen-bond donors (Lipinski definition) is 2. The Morgan fingerprint density at radius 3 is 2.37 bits per heavy atom. The van der Waals surface area contributed by atoms with Crippen molar-refractivity contribution in [1.29, 1.82) is 0 Å². The van der Waals surface area contributed by atoms with Crippen LogP contribution in [0.4, 0.5) is 10.1 Å². The highest BCUT2D eigenvalue weighted by Gasteiger charge is 2.34. The minimum atomic E-state index is -1.21. The molecule has 0 aromatic heterocycles. The van der Waals surface area contributed by atoms with Crippen LogP contribution < -0.4 is 15.0 Å². The summed E-state index contributed by atoms with van der Waals surface area (Å²) < 4.78 is 18.2. The number of halogens is 3. The van der Waals surface area contributed by atoms with Gasteiger partial charge in [0.05, 0.1) is 15.7 Å². The zero-order chi connectivity index (χ0) is 22.0. The summed E-state index contributed by atoms with van der Waals surface area (Å²) in [7, 11) is 0. The Bertz CT molecular complexity index is 1080. The van der Waals surface area contributed by atoms with E-state index in [9.17, 15) is 18.8 Å². The number of hydrogen-bond acceptors (Lipinski definition) is 5. The van der Waals surface area contributed by atoms with Crippen LogP contribution in [0.5, 0.6) is 5.75 Å². The topological polar surface area (TPSA) is 95.9 Å². The highest BCUT2D eigenvalue weighted by Crippen LogP contribution is 2.35. The van der Waals surface area contributed by atoms with Crippen LogP contribution in [-0.4, -0.2) is 34.6 Å². The van der Waals surface area contributed by atoms with Crippen molar-refractivity contribution in [2.75, 3.05) is 11.5 Å². The Balaban J connectivity index is 1.96. The van der Waals surface area contributed by atoms with Gasteiger partial charge in [0.2, 0.25) is 0 Å². The number of nitrogens with zero attached hydrogens (tertiary/aromatic N) is 1. The molecule has 0 saturated carbocycles. The number of benzene rings is 2. The summed E-state index contributed by atoms with van der Waals surface area (Å²) in [5.41, 5.74) is 0.295. The number of carbonyl (C=O) groups is 3. The molecule has 0 aliphatic carbocycles. The minimum absolute atomic E-state index is 0.00909. The molecule has 0 unspecified atom stereocenters. The molecule has 0 radical (unpaired) electrons. The van der Waals surface area contributed by atoms with Crippen molar-refractivity contribution >= 4 is 70.1 Å². The van der Waals surface area contributed by atoms with E-state index in [-0.39, 0.29) is 37.7 Å². The SMILES string of the molecule is O=C(O)COc1c(Cl)cc(/C=C2/C(=O)NC(=S)N(c3ccc(F)cc3)C2=O)cc1Cl. The molecule has 2 N–H and O–H groups in total. The van der Waals surface area contributed by atoms with Gasteiger partial charge in [-0.25, -0.2) is 9.18 Å². The third-order valence-electron chi connectivity index (χ3n) is 3.86. The first-order valence-corrected chi connectivity index (χ1v) is 9.34. The number of rotatable bonds is 5. The molecule has 2 amide bonds. The summed E-state index contributed by atoms with van der Waals surface area (Å²) >= 11 is 17.2. The Morgan fingerprint density at radius 1 is 1.20 bits per heavy atom. The first kappa shape index (κ1) is 21.7. The number of thiocarbonyl (C=S) groups is 1. The molecule has 0 atom stereocenters. The van der Waals surface area contributed by atoms with Crippen molar-refractivity contribution < 1.29 is 28.6 Å². The van der Waals surface area contributed by atoms with Gasteiger partial charge in [-0.1, -0.05) is 23.2 Å². The van der Waals surface area contributed by atoms with Gasteiger partial charge in [-0.05, 0) is 60.3 Å². The highest BCUT2D eigenvalue weighted by atomic mass is 35.5. The summed E-state index contributed by atoms with van der Waals surface area (Å²) in [6.45, 7) is -0.648. The smallest absolute Gasteiger partial charge is 0.341 e. The number of anilines is 1. The van der Waals surface area contributed by atoms with Gasteiger partial charge in [0.1, 0.15) is 11.4 Å². The zero-order valence-corrected chi connectivity index (χ0v) is 17.1. The van der Waals surface area contributed by atoms with E-state index in [1.54, 1.807) is 0 Å². The van der Waals surface area contributed by atoms with E-state index in [2.05, 4.69) is 5.32 Å². The third-order valence-corrected chi connectivity index (χ3v) is 4.70. The minimum Gasteiger partial charge on any atom is -0.479 e. The number of ether oxygens (including phenoxy) is 1. The van der Waals surface area contributed by atoms with Crippen molar-refractivity contribution in [2.45, 2.75) is 0 Å². The van der Waals surface area contributed by atoms with Crippen LogP contribution in [0.2, 0.25) is 10.0 Å². The number of amides is 2. The summed E-state index contributed by atoms with van der Waals surface area (Å²) in [4.78, 5) is 36.9. The Kier molecular flexibility index (Phi) is 6.35. The Hall–Kier alpha value is -3.01. The predicted octanol–water partition coefficient (Wildman–Crippen LogP) is 3.43. The number of nitrogens with one attached hydrogen (secondary N) is 1. The maximum atomic E-state index is 13.2. The fraction of sp³-hybridized carbons (Fsp3) is 0.0526. The molecule has 154 valence electrons. The molecule has 1 saturated heterocycles. The van der Waals surface area contributed by atoms with Crippen LogP contribution >= 0.6 is 35.4 Å². The van der Waals surface area contributed by atoms with Crippen LogP contribution in [0, 0.1) is 5.82 Å². The normalized spacial score (nSPS) is 15.4. The Labute approximate surface area is 184 Å². The molecule has 30 heavy (non-hydrogen) atoms. The quantitative estimate of drug-likeness (QED) is 0.396. The van der Waals surface area contributed by atoms with Gasteiger partial charge in [0.15, 0.2) is 17.5 Å². The standard InChI is InChI=1S/C19H11Cl2FN2O5S/c20-13-6-9(7-14(21)16(13)29-8-15(25)26)5-12-17(27)23-19(30)24(18(12)28)11-3-1-10(22)2-4-11/h1-7H,8H2,(H,25,26)(H,23,27,30)/b12-5-. The number of carboxylic acids is 1. The molecule has 0 bridgehead atoms. The molecular weight excluding hydrogens is 458 g/mol. The highest BCUT2D eigenvalue weighted by molar-refractivity contribution is 7.80. The summed E-state index contributed by atoms with van der Waals surface area (Å²) in [5, 5.41) is 10.9. The monoisotopic (exact) mass is 468 g/mol. The van der Waals surface area contributed by atoms with Crippen LogP contribution in [0.1, 0.15) is 5.56 Å². The summed E-state index contributed by atoms with van der Waals surface area (Å²) in [5.74, 6) is -3.22. The van der Waals surface area contributed by atoms with Crippen molar-refractivity contribution in [2.24, 2.45) is 0 Å². The number of carboxylic acid groups (broad SMARTS) is 1. The molecule has 0 spiro atoms. The van der Waals surface area contributed by atoms with E-state index in [0.717, 1.165) is 17.0 Å². The fourth-order valence-corrected chi connectivity index (χ4v) is 3.48. The Morgan fingerprint density at radius 2 is 1.80 bits per heavy atom. The van der Waals surface area contributed by atoms with E-state index in [0.29, 0.717) is 0 Å². The second kappa shape index (κ2) is 8.78. The first-order valence-electron chi connectivity index (χ1n) is 8.18. The van der Waals surface area contributed by atoms with Crippen LogP contribution in [0.25, 0.3) is 6.08 Å². The van der Waals surface area contributed by atoms with Gasteiger partial charge < -0.3 is 9.84 Å².